The van der Waals surface area contributed by atoms with Crippen molar-refractivity contribution in [2.24, 2.45) is 17.8 Å². The number of rotatable bonds is 4. The SMILES string of the molecule is CC(C)C1CCC(O)C(CCc2cccs2)C1. The zero-order valence-corrected chi connectivity index (χ0v) is 11.7. The van der Waals surface area contributed by atoms with E-state index in [1.807, 2.05) is 11.3 Å². The number of aryl methyl sites for hydroxylation is 1. The van der Waals surface area contributed by atoms with Crippen molar-refractivity contribution in [2.45, 2.75) is 52.1 Å². The van der Waals surface area contributed by atoms with Crippen LogP contribution >= 0.6 is 11.3 Å². The molecular weight excluding hydrogens is 228 g/mol. The van der Waals surface area contributed by atoms with Gasteiger partial charge >= 0.3 is 0 Å². The van der Waals surface area contributed by atoms with E-state index in [-0.39, 0.29) is 6.10 Å². The van der Waals surface area contributed by atoms with Crippen LogP contribution in [0, 0.1) is 17.8 Å². The molecule has 0 aromatic carbocycles. The van der Waals surface area contributed by atoms with Crippen molar-refractivity contribution in [1.82, 2.24) is 0 Å². The number of aliphatic hydroxyl groups excluding tert-OH is 1. The molecule has 1 heterocycles. The lowest BCUT2D eigenvalue weighted by Gasteiger charge is -2.35. The molecule has 17 heavy (non-hydrogen) atoms. The van der Waals surface area contributed by atoms with Crippen LogP contribution in [-0.4, -0.2) is 11.2 Å². The summed E-state index contributed by atoms with van der Waals surface area (Å²) in [7, 11) is 0. The van der Waals surface area contributed by atoms with Gasteiger partial charge in [0, 0.05) is 4.88 Å². The highest BCUT2D eigenvalue weighted by Crippen LogP contribution is 2.36. The first kappa shape index (κ1) is 13.1. The van der Waals surface area contributed by atoms with Gasteiger partial charge in [-0.15, -0.1) is 11.3 Å². The standard InChI is InChI=1S/C15H24OS/c1-11(2)12-6-8-15(16)13(10-12)5-7-14-4-3-9-17-14/h3-4,9,11-13,15-16H,5-8,10H2,1-2H3. The van der Waals surface area contributed by atoms with Crippen molar-refractivity contribution < 1.29 is 5.11 Å². The molecule has 0 bridgehead atoms. The highest BCUT2D eigenvalue weighted by Gasteiger charge is 2.30. The van der Waals surface area contributed by atoms with Crippen molar-refractivity contribution in [2.75, 3.05) is 0 Å². The lowest BCUT2D eigenvalue weighted by atomic mass is 9.73. The van der Waals surface area contributed by atoms with Gasteiger partial charge < -0.3 is 5.11 Å². The Hall–Kier alpha value is -0.340. The van der Waals surface area contributed by atoms with Gasteiger partial charge in [-0.05, 0) is 61.3 Å². The third-order valence-corrected chi connectivity index (χ3v) is 5.20. The topological polar surface area (TPSA) is 20.2 Å². The van der Waals surface area contributed by atoms with Crippen LogP contribution in [-0.2, 0) is 6.42 Å². The Kier molecular flexibility index (Phi) is 4.63. The van der Waals surface area contributed by atoms with Crippen molar-refractivity contribution in [3.05, 3.63) is 22.4 Å². The van der Waals surface area contributed by atoms with Crippen LogP contribution < -0.4 is 0 Å². The zero-order valence-electron chi connectivity index (χ0n) is 10.9. The highest BCUT2D eigenvalue weighted by molar-refractivity contribution is 7.09. The molecule has 0 aliphatic heterocycles. The van der Waals surface area contributed by atoms with Gasteiger partial charge in [-0.25, -0.2) is 0 Å². The van der Waals surface area contributed by atoms with E-state index in [1.165, 1.54) is 17.7 Å². The molecule has 0 amide bonds. The minimum absolute atomic E-state index is 0.0510. The van der Waals surface area contributed by atoms with Crippen LogP contribution in [0.15, 0.2) is 17.5 Å². The van der Waals surface area contributed by atoms with Crippen LogP contribution in [0.1, 0.15) is 44.4 Å². The molecule has 0 radical (unpaired) electrons. The predicted molar refractivity (Wildman–Crippen MR) is 74.3 cm³/mol. The quantitative estimate of drug-likeness (QED) is 0.855. The Labute approximate surface area is 109 Å². The van der Waals surface area contributed by atoms with Gasteiger partial charge in [-0.1, -0.05) is 19.9 Å². The highest BCUT2D eigenvalue weighted by atomic mass is 32.1. The summed E-state index contributed by atoms with van der Waals surface area (Å²) in [6, 6.07) is 4.33. The summed E-state index contributed by atoms with van der Waals surface area (Å²) in [6.07, 6.45) is 5.70. The molecule has 0 spiro atoms. The van der Waals surface area contributed by atoms with E-state index in [0.717, 1.165) is 31.1 Å². The number of hydrogen-bond donors (Lipinski definition) is 1. The molecule has 1 aromatic rings. The Balaban J connectivity index is 1.85. The van der Waals surface area contributed by atoms with Crippen LogP contribution in [0.4, 0.5) is 0 Å². The van der Waals surface area contributed by atoms with Gasteiger partial charge in [0.15, 0.2) is 0 Å². The summed E-state index contributed by atoms with van der Waals surface area (Å²) in [4.78, 5) is 1.46. The van der Waals surface area contributed by atoms with E-state index in [2.05, 4.69) is 31.4 Å². The molecular formula is C15H24OS. The summed E-state index contributed by atoms with van der Waals surface area (Å²) < 4.78 is 0. The first-order valence-corrected chi connectivity index (χ1v) is 7.75. The molecule has 1 saturated carbocycles. The Bertz CT molecular complexity index is 318. The van der Waals surface area contributed by atoms with Crippen LogP contribution in [0.2, 0.25) is 0 Å². The second-order valence-corrected chi connectivity index (χ2v) is 6.79. The number of thiophene rings is 1. The van der Waals surface area contributed by atoms with E-state index < -0.39 is 0 Å². The predicted octanol–water partition coefficient (Wildman–Crippen LogP) is 4.11. The first-order chi connectivity index (χ1) is 8.16. The van der Waals surface area contributed by atoms with Gasteiger partial charge in [-0.3, -0.25) is 0 Å². The lowest BCUT2D eigenvalue weighted by Crippen LogP contribution is -2.31. The van der Waals surface area contributed by atoms with E-state index in [1.54, 1.807) is 0 Å². The van der Waals surface area contributed by atoms with Crippen molar-refractivity contribution in [3.8, 4) is 0 Å². The Morgan fingerprint density at radius 2 is 2.24 bits per heavy atom. The van der Waals surface area contributed by atoms with Gasteiger partial charge in [0.2, 0.25) is 0 Å². The average Bonchev–Trinajstić information content (AvgIpc) is 2.80. The molecule has 1 aliphatic rings. The average molecular weight is 252 g/mol. The number of hydrogen-bond acceptors (Lipinski definition) is 2. The largest absolute Gasteiger partial charge is 0.393 e. The maximum absolute atomic E-state index is 10.1. The third-order valence-electron chi connectivity index (χ3n) is 4.27. The Morgan fingerprint density at radius 3 is 2.88 bits per heavy atom. The fourth-order valence-electron chi connectivity index (χ4n) is 2.98. The first-order valence-electron chi connectivity index (χ1n) is 6.87. The maximum Gasteiger partial charge on any atom is 0.0568 e. The van der Waals surface area contributed by atoms with E-state index in [4.69, 9.17) is 0 Å². The van der Waals surface area contributed by atoms with Gasteiger partial charge in [0.25, 0.3) is 0 Å². The molecule has 1 N–H and O–H groups in total. The van der Waals surface area contributed by atoms with E-state index in [0.29, 0.717) is 5.92 Å². The molecule has 2 rings (SSSR count). The zero-order chi connectivity index (χ0) is 12.3. The summed E-state index contributed by atoms with van der Waals surface area (Å²) >= 11 is 1.84. The fourth-order valence-corrected chi connectivity index (χ4v) is 3.71. The molecule has 1 aromatic heterocycles. The van der Waals surface area contributed by atoms with Crippen LogP contribution in [0.3, 0.4) is 0 Å². The van der Waals surface area contributed by atoms with Crippen molar-refractivity contribution >= 4 is 11.3 Å². The molecule has 1 aliphatic carbocycles. The second-order valence-electron chi connectivity index (χ2n) is 5.76. The molecule has 0 saturated heterocycles. The summed E-state index contributed by atoms with van der Waals surface area (Å²) in [5, 5.41) is 12.2. The fraction of sp³-hybridized carbons (Fsp3) is 0.733. The molecule has 3 unspecified atom stereocenters. The smallest absolute Gasteiger partial charge is 0.0568 e. The third kappa shape index (κ3) is 3.56. The minimum Gasteiger partial charge on any atom is -0.393 e. The lowest BCUT2D eigenvalue weighted by molar-refractivity contribution is 0.0339. The molecule has 1 fully saturated rings. The monoisotopic (exact) mass is 252 g/mol. The summed E-state index contributed by atoms with van der Waals surface area (Å²) in [6.45, 7) is 4.64. The second kappa shape index (κ2) is 6.01. The number of aliphatic hydroxyl groups is 1. The van der Waals surface area contributed by atoms with E-state index in [9.17, 15) is 5.11 Å². The van der Waals surface area contributed by atoms with Gasteiger partial charge in [-0.2, -0.15) is 0 Å². The maximum atomic E-state index is 10.1. The van der Waals surface area contributed by atoms with E-state index >= 15 is 0 Å². The Morgan fingerprint density at radius 1 is 1.41 bits per heavy atom. The molecule has 3 atom stereocenters. The summed E-state index contributed by atoms with van der Waals surface area (Å²) in [5.74, 6) is 2.12. The summed E-state index contributed by atoms with van der Waals surface area (Å²) in [5.41, 5.74) is 0. The normalized spacial score (nSPS) is 29.8. The molecule has 2 heteroatoms. The van der Waals surface area contributed by atoms with Gasteiger partial charge in [0.05, 0.1) is 6.10 Å². The molecule has 96 valence electrons. The van der Waals surface area contributed by atoms with Crippen LogP contribution in [0.25, 0.3) is 0 Å². The van der Waals surface area contributed by atoms with Crippen molar-refractivity contribution in [3.63, 3.8) is 0 Å². The minimum atomic E-state index is -0.0510. The van der Waals surface area contributed by atoms with Crippen molar-refractivity contribution in [1.29, 1.82) is 0 Å². The van der Waals surface area contributed by atoms with Crippen LogP contribution in [0.5, 0.6) is 0 Å². The van der Waals surface area contributed by atoms with Gasteiger partial charge in [0.1, 0.15) is 0 Å². The molecule has 1 nitrogen and oxygen atoms in total.